The molecular formula is C18H21NO3. The first kappa shape index (κ1) is 16.0. The summed E-state index contributed by atoms with van der Waals surface area (Å²) in [5, 5.41) is 4.91. The summed E-state index contributed by atoms with van der Waals surface area (Å²) in [6, 6.07) is 9.71. The highest BCUT2D eigenvalue weighted by Crippen LogP contribution is 2.27. The van der Waals surface area contributed by atoms with E-state index in [0.29, 0.717) is 12.1 Å². The molecule has 0 radical (unpaired) electrons. The molecule has 0 unspecified atom stereocenters. The van der Waals surface area contributed by atoms with E-state index in [1.807, 2.05) is 30.3 Å². The Hall–Kier alpha value is -2.36. The van der Waals surface area contributed by atoms with Gasteiger partial charge in [0.2, 0.25) is 5.91 Å². The molecule has 2 aromatic carbocycles. The van der Waals surface area contributed by atoms with E-state index in [1.165, 1.54) is 6.92 Å². The van der Waals surface area contributed by atoms with Gasteiger partial charge < -0.3 is 10.1 Å². The lowest BCUT2D eigenvalue weighted by Crippen LogP contribution is -2.21. The van der Waals surface area contributed by atoms with Crippen molar-refractivity contribution in [1.82, 2.24) is 5.32 Å². The number of aryl methyl sites for hydroxylation is 1. The number of amides is 1. The van der Waals surface area contributed by atoms with E-state index in [2.05, 4.69) is 5.32 Å². The van der Waals surface area contributed by atoms with Gasteiger partial charge in [-0.1, -0.05) is 6.07 Å². The van der Waals surface area contributed by atoms with Gasteiger partial charge in [-0.3, -0.25) is 9.59 Å². The molecule has 1 N–H and O–H groups in total. The Labute approximate surface area is 130 Å². The predicted octanol–water partition coefficient (Wildman–Crippen LogP) is 3.12. The average Bonchev–Trinajstić information content (AvgIpc) is 2.50. The van der Waals surface area contributed by atoms with Crippen molar-refractivity contribution >= 4 is 22.5 Å². The molecule has 4 nitrogen and oxygen atoms in total. The van der Waals surface area contributed by atoms with Crippen LogP contribution < -0.4 is 10.1 Å². The molecule has 116 valence electrons. The highest BCUT2D eigenvalue weighted by Gasteiger charge is 2.08. The second kappa shape index (κ2) is 7.07. The minimum Gasteiger partial charge on any atom is -0.497 e. The molecule has 0 bridgehead atoms. The largest absolute Gasteiger partial charge is 0.497 e. The Bertz CT molecular complexity index is 707. The van der Waals surface area contributed by atoms with Crippen LogP contribution in [-0.2, 0) is 11.2 Å². The van der Waals surface area contributed by atoms with E-state index in [9.17, 15) is 9.59 Å². The second-order valence-corrected chi connectivity index (χ2v) is 5.37. The number of carbonyl (C=O) groups excluding carboxylic acids is 2. The lowest BCUT2D eigenvalue weighted by molar-refractivity contribution is -0.118. The molecule has 2 aromatic rings. The van der Waals surface area contributed by atoms with Crippen LogP contribution >= 0.6 is 0 Å². The normalized spacial score (nSPS) is 10.5. The molecule has 0 atom stereocenters. The number of rotatable bonds is 6. The van der Waals surface area contributed by atoms with Crippen molar-refractivity contribution in [2.75, 3.05) is 13.7 Å². The van der Waals surface area contributed by atoms with E-state index >= 15 is 0 Å². The van der Waals surface area contributed by atoms with Crippen molar-refractivity contribution < 1.29 is 14.3 Å². The minimum atomic E-state index is -0.0241. The maximum Gasteiger partial charge on any atom is 0.216 e. The number of Topliss-reactive ketones (excluding diaryl/α,β-unsaturated/α-hetero) is 1. The molecule has 0 spiro atoms. The van der Waals surface area contributed by atoms with Crippen LogP contribution in [0.5, 0.6) is 5.75 Å². The smallest absolute Gasteiger partial charge is 0.216 e. The Balaban J connectivity index is 2.34. The molecule has 0 saturated heterocycles. The van der Waals surface area contributed by atoms with Crippen LogP contribution in [0.25, 0.3) is 10.8 Å². The van der Waals surface area contributed by atoms with E-state index in [-0.39, 0.29) is 11.7 Å². The molecule has 0 aliphatic heterocycles. The first-order valence-electron chi connectivity index (χ1n) is 7.37. The zero-order valence-electron chi connectivity index (χ0n) is 13.2. The van der Waals surface area contributed by atoms with Crippen molar-refractivity contribution in [3.8, 4) is 5.75 Å². The van der Waals surface area contributed by atoms with Crippen molar-refractivity contribution in [3.63, 3.8) is 0 Å². The van der Waals surface area contributed by atoms with Gasteiger partial charge in [-0.25, -0.2) is 0 Å². The Kier molecular flexibility index (Phi) is 5.15. The summed E-state index contributed by atoms with van der Waals surface area (Å²) in [6.07, 6.45) is 1.62. The van der Waals surface area contributed by atoms with Gasteiger partial charge in [-0.05, 0) is 60.4 Å². The number of carbonyl (C=O) groups is 2. The highest BCUT2D eigenvalue weighted by atomic mass is 16.5. The van der Waals surface area contributed by atoms with Crippen LogP contribution in [0.15, 0.2) is 30.3 Å². The number of fused-ring (bicyclic) bond motifs is 1. The maximum absolute atomic E-state index is 11.7. The number of methoxy groups -OCH3 is 1. The van der Waals surface area contributed by atoms with E-state index in [0.717, 1.165) is 34.9 Å². The summed E-state index contributed by atoms with van der Waals surface area (Å²) >= 11 is 0. The summed E-state index contributed by atoms with van der Waals surface area (Å²) in [6.45, 7) is 3.72. The van der Waals surface area contributed by atoms with Crippen LogP contribution in [0.1, 0.15) is 36.2 Å². The van der Waals surface area contributed by atoms with Crippen LogP contribution in [0.3, 0.4) is 0 Å². The van der Waals surface area contributed by atoms with Gasteiger partial charge in [0, 0.05) is 19.0 Å². The fourth-order valence-corrected chi connectivity index (χ4v) is 2.49. The molecule has 0 aliphatic rings. The molecule has 2 rings (SSSR count). The average molecular weight is 299 g/mol. The molecule has 22 heavy (non-hydrogen) atoms. The fourth-order valence-electron chi connectivity index (χ4n) is 2.49. The quantitative estimate of drug-likeness (QED) is 0.658. The maximum atomic E-state index is 11.7. The number of ketones is 1. The standard InChI is InChI=1S/C18H21NO3/c1-12(20)16-9-14(5-4-8-19-13(2)21)18-11-17(22-3)7-6-15(18)10-16/h6-7,9-11H,4-5,8H2,1-3H3,(H,19,21). The fraction of sp³-hybridized carbons (Fsp3) is 0.333. The molecule has 1 amide bonds. The molecule has 0 saturated carbocycles. The van der Waals surface area contributed by atoms with Gasteiger partial charge >= 0.3 is 0 Å². The topological polar surface area (TPSA) is 55.4 Å². The summed E-state index contributed by atoms with van der Waals surface area (Å²) in [5.41, 5.74) is 1.82. The number of ether oxygens (including phenoxy) is 1. The van der Waals surface area contributed by atoms with Gasteiger partial charge in [0.15, 0.2) is 5.78 Å². The van der Waals surface area contributed by atoms with Crippen LogP contribution in [-0.4, -0.2) is 25.3 Å². The van der Waals surface area contributed by atoms with Gasteiger partial charge in [0.25, 0.3) is 0 Å². The van der Waals surface area contributed by atoms with Gasteiger partial charge in [0.1, 0.15) is 5.75 Å². The van der Waals surface area contributed by atoms with Crippen molar-refractivity contribution in [1.29, 1.82) is 0 Å². The molecular weight excluding hydrogens is 278 g/mol. The van der Waals surface area contributed by atoms with Crippen LogP contribution in [0.4, 0.5) is 0 Å². The lowest BCUT2D eigenvalue weighted by Gasteiger charge is -2.11. The third-order valence-electron chi connectivity index (χ3n) is 3.65. The molecule has 0 aliphatic carbocycles. The molecule has 0 fully saturated rings. The number of benzene rings is 2. The van der Waals surface area contributed by atoms with E-state index < -0.39 is 0 Å². The number of hydrogen-bond acceptors (Lipinski definition) is 3. The Morgan fingerprint density at radius 3 is 2.55 bits per heavy atom. The van der Waals surface area contributed by atoms with Gasteiger partial charge in [-0.2, -0.15) is 0 Å². The zero-order valence-corrected chi connectivity index (χ0v) is 13.2. The van der Waals surface area contributed by atoms with E-state index in [1.54, 1.807) is 14.0 Å². The first-order chi connectivity index (χ1) is 10.5. The van der Waals surface area contributed by atoms with Crippen molar-refractivity contribution in [2.45, 2.75) is 26.7 Å². The van der Waals surface area contributed by atoms with E-state index in [4.69, 9.17) is 4.74 Å². The number of nitrogens with one attached hydrogen (secondary N) is 1. The van der Waals surface area contributed by atoms with Crippen LogP contribution in [0, 0.1) is 0 Å². The SMILES string of the molecule is COc1ccc2cc(C(C)=O)cc(CCCNC(C)=O)c2c1. The second-order valence-electron chi connectivity index (χ2n) is 5.37. The summed E-state index contributed by atoms with van der Waals surface area (Å²) in [5.74, 6) is 0.830. The molecule has 0 aromatic heterocycles. The van der Waals surface area contributed by atoms with Crippen molar-refractivity contribution in [3.05, 3.63) is 41.5 Å². The third kappa shape index (κ3) is 3.85. The molecule has 4 heteroatoms. The Morgan fingerprint density at radius 1 is 1.14 bits per heavy atom. The highest BCUT2D eigenvalue weighted by molar-refractivity contribution is 6.00. The number of hydrogen-bond donors (Lipinski definition) is 1. The summed E-state index contributed by atoms with van der Waals surface area (Å²) in [4.78, 5) is 22.6. The first-order valence-corrected chi connectivity index (χ1v) is 7.37. The summed E-state index contributed by atoms with van der Waals surface area (Å²) in [7, 11) is 1.64. The van der Waals surface area contributed by atoms with Crippen LogP contribution in [0.2, 0.25) is 0 Å². The molecule has 0 heterocycles. The predicted molar refractivity (Wildman–Crippen MR) is 87.5 cm³/mol. The zero-order chi connectivity index (χ0) is 16.1. The van der Waals surface area contributed by atoms with Gasteiger partial charge in [0.05, 0.1) is 7.11 Å². The third-order valence-corrected chi connectivity index (χ3v) is 3.65. The Morgan fingerprint density at radius 2 is 1.91 bits per heavy atom. The summed E-state index contributed by atoms with van der Waals surface area (Å²) < 4.78 is 5.29. The van der Waals surface area contributed by atoms with Gasteiger partial charge in [-0.15, -0.1) is 0 Å². The minimum absolute atomic E-state index is 0.0241. The monoisotopic (exact) mass is 299 g/mol. The van der Waals surface area contributed by atoms with Crippen molar-refractivity contribution in [2.24, 2.45) is 0 Å². The lowest BCUT2D eigenvalue weighted by atomic mass is 9.96.